The maximum atomic E-state index is 5.49. The van der Waals surface area contributed by atoms with Gasteiger partial charge in [0.25, 0.3) is 0 Å². The molecule has 0 aliphatic heterocycles. The summed E-state index contributed by atoms with van der Waals surface area (Å²) in [6, 6.07) is 0. The number of aromatic nitrogens is 1. The average Bonchev–Trinajstić information content (AvgIpc) is 1.98. The van der Waals surface area contributed by atoms with E-state index in [1.165, 1.54) is 5.56 Å². The van der Waals surface area contributed by atoms with E-state index in [2.05, 4.69) is 4.98 Å². The Morgan fingerprint density at radius 2 is 2.12 bits per heavy atom. The summed E-state index contributed by atoms with van der Waals surface area (Å²) in [5.41, 5.74) is 7.87. The zero-order chi connectivity index (χ0) is 6.15. The SMILES string of the molecule is Cc1c[nH]c(N)c1C. The van der Waals surface area contributed by atoms with E-state index in [9.17, 15) is 0 Å². The van der Waals surface area contributed by atoms with Crippen molar-refractivity contribution in [3.63, 3.8) is 0 Å². The van der Waals surface area contributed by atoms with Crippen LogP contribution >= 0.6 is 0 Å². The van der Waals surface area contributed by atoms with E-state index < -0.39 is 0 Å². The second kappa shape index (κ2) is 1.54. The van der Waals surface area contributed by atoms with Crippen molar-refractivity contribution in [2.24, 2.45) is 0 Å². The van der Waals surface area contributed by atoms with Gasteiger partial charge in [0.15, 0.2) is 0 Å². The second-order valence-electron chi connectivity index (χ2n) is 2.01. The molecule has 1 heterocycles. The zero-order valence-corrected chi connectivity index (χ0v) is 5.15. The van der Waals surface area contributed by atoms with Crippen molar-refractivity contribution < 1.29 is 0 Å². The van der Waals surface area contributed by atoms with Crippen LogP contribution in [0.3, 0.4) is 0 Å². The first-order chi connectivity index (χ1) is 3.72. The second-order valence-corrected chi connectivity index (χ2v) is 2.01. The van der Waals surface area contributed by atoms with Crippen LogP contribution in [0.5, 0.6) is 0 Å². The maximum absolute atomic E-state index is 5.49. The molecule has 0 spiro atoms. The van der Waals surface area contributed by atoms with Crippen molar-refractivity contribution in [2.75, 3.05) is 5.73 Å². The van der Waals surface area contributed by atoms with Crippen LogP contribution in [0.4, 0.5) is 5.82 Å². The Hall–Kier alpha value is -0.920. The molecule has 8 heavy (non-hydrogen) atoms. The number of anilines is 1. The normalized spacial score (nSPS) is 9.75. The fraction of sp³-hybridized carbons (Fsp3) is 0.333. The maximum Gasteiger partial charge on any atom is 0.103 e. The summed E-state index contributed by atoms with van der Waals surface area (Å²) in [6.45, 7) is 4.03. The lowest BCUT2D eigenvalue weighted by Crippen LogP contribution is -1.85. The van der Waals surface area contributed by atoms with Gasteiger partial charge in [0.2, 0.25) is 0 Å². The van der Waals surface area contributed by atoms with Gasteiger partial charge >= 0.3 is 0 Å². The monoisotopic (exact) mass is 110 g/mol. The zero-order valence-electron chi connectivity index (χ0n) is 5.15. The number of H-pyrrole nitrogens is 1. The number of hydrogen-bond acceptors (Lipinski definition) is 1. The highest BCUT2D eigenvalue weighted by Crippen LogP contribution is 2.11. The lowest BCUT2D eigenvalue weighted by Gasteiger charge is -1.86. The Kier molecular flexibility index (Phi) is 1.01. The van der Waals surface area contributed by atoms with Crippen LogP contribution in [-0.4, -0.2) is 4.98 Å². The molecule has 44 valence electrons. The molecule has 1 aromatic rings. The highest BCUT2D eigenvalue weighted by Gasteiger charge is 1.95. The van der Waals surface area contributed by atoms with E-state index >= 15 is 0 Å². The fourth-order valence-electron chi connectivity index (χ4n) is 0.615. The topological polar surface area (TPSA) is 41.8 Å². The van der Waals surface area contributed by atoms with E-state index in [0.29, 0.717) is 0 Å². The average molecular weight is 110 g/mol. The van der Waals surface area contributed by atoms with Gasteiger partial charge in [-0.2, -0.15) is 0 Å². The van der Waals surface area contributed by atoms with Gasteiger partial charge in [0.05, 0.1) is 0 Å². The van der Waals surface area contributed by atoms with Crippen molar-refractivity contribution >= 4 is 5.82 Å². The lowest BCUT2D eigenvalue weighted by molar-refractivity contribution is 1.39. The quantitative estimate of drug-likeness (QED) is 0.518. The molecule has 0 saturated heterocycles. The third-order valence-corrected chi connectivity index (χ3v) is 1.44. The van der Waals surface area contributed by atoms with Crippen molar-refractivity contribution in [1.29, 1.82) is 0 Å². The predicted octanol–water partition coefficient (Wildman–Crippen LogP) is 1.21. The Balaban J connectivity index is 3.19. The van der Waals surface area contributed by atoms with Gasteiger partial charge in [-0.3, -0.25) is 0 Å². The van der Waals surface area contributed by atoms with Crippen LogP contribution in [0.2, 0.25) is 0 Å². The van der Waals surface area contributed by atoms with Crippen LogP contribution in [0, 0.1) is 13.8 Å². The van der Waals surface area contributed by atoms with E-state index in [1.807, 2.05) is 20.0 Å². The number of hydrogen-bond donors (Lipinski definition) is 2. The summed E-state index contributed by atoms with van der Waals surface area (Å²) in [6.07, 6.45) is 1.91. The molecule has 0 bridgehead atoms. The van der Waals surface area contributed by atoms with Crippen LogP contribution in [0.25, 0.3) is 0 Å². The van der Waals surface area contributed by atoms with Crippen LogP contribution in [-0.2, 0) is 0 Å². The number of nitrogen functional groups attached to an aromatic ring is 1. The number of nitrogens with one attached hydrogen (secondary N) is 1. The number of nitrogens with two attached hydrogens (primary N) is 1. The Labute approximate surface area is 48.7 Å². The summed E-state index contributed by atoms with van der Waals surface area (Å²) >= 11 is 0. The number of aromatic amines is 1. The molecule has 0 aliphatic rings. The molecule has 0 aromatic carbocycles. The largest absolute Gasteiger partial charge is 0.385 e. The minimum absolute atomic E-state index is 0.780. The van der Waals surface area contributed by atoms with E-state index in [0.717, 1.165) is 11.4 Å². The Morgan fingerprint density at radius 3 is 2.25 bits per heavy atom. The van der Waals surface area contributed by atoms with Crippen LogP contribution in [0.15, 0.2) is 6.20 Å². The van der Waals surface area contributed by atoms with Crippen molar-refractivity contribution in [3.05, 3.63) is 17.3 Å². The number of rotatable bonds is 0. The predicted molar refractivity (Wildman–Crippen MR) is 34.7 cm³/mol. The lowest BCUT2D eigenvalue weighted by atomic mass is 10.2. The van der Waals surface area contributed by atoms with Crippen molar-refractivity contribution in [2.45, 2.75) is 13.8 Å². The fourth-order valence-corrected chi connectivity index (χ4v) is 0.615. The number of aryl methyl sites for hydroxylation is 1. The molecule has 0 saturated carbocycles. The van der Waals surface area contributed by atoms with E-state index in [4.69, 9.17) is 5.73 Å². The smallest absolute Gasteiger partial charge is 0.103 e. The molecule has 0 aliphatic carbocycles. The van der Waals surface area contributed by atoms with E-state index in [1.54, 1.807) is 0 Å². The molecular formula is C6H10N2. The Bertz CT molecular complexity index is 169. The summed E-state index contributed by atoms with van der Waals surface area (Å²) < 4.78 is 0. The molecule has 2 nitrogen and oxygen atoms in total. The van der Waals surface area contributed by atoms with Gasteiger partial charge < -0.3 is 10.7 Å². The molecule has 2 heteroatoms. The minimum atomic E-state index is 0.780. The van der Waals surface area contributed by atoms with Gasteiger partial charge in [-0.1, -0.05) is 0 Å². The third kappa shape index (κ3) is 0.579. The molecule has 0 amide bonds. The van der Waals surface area contributed by atoms with Gasteiger partial charge in [0.1, 0.15) is 5.82 Å². The van der Waals surface area contributed by atoms with Crippen molar-refractivity contribution in [1.82, 2.24) is 4.98 Å². The van der Waals surface area contributed by atoms with E-state index in [-0.39, 0.29) is 0 Å². The third-order valence-electron chi connectivity index (χ3n) is 1.44. The summed E-state index contributed by atoms with van der Waals surface area (Å²) in [7, 11) is 0. The molecule has 1 rings (SSSR count). The van der Waals surface area contributed by atoms with Crippen LogP contribution in [0.1, 0.15) is 11.1 Å². The first-order valence-corrected chi connectivity index (χ1v) is 2.62. The molecule has 0 atom stereocenters. The summed E-state index contributed by atoms with van der Waals surface area (Å²) in [4.78, 5) is 2.91. The molecule has 0 unspecified atom stereocenters. The first-order valence-electron chi connectivity index (χ1n) is 2.62. The minimum Gasteiger partial charge on any atom is -0.385 e. The summed E-state index contributed by atoms with van der Waals surface area (Å²) in [5, 5.41) is 0. The van der Waals surface area contributed by atoms with Gasteiger partial charge in [-0.25, -0.2) is 0 Å². The van der Waals surface area contributed by atoms with Crippen LogP contribution < -0.4 is 5.73 Å². The van der Waals surface area contributed by atoms with Gasteiger partial charge in [-0.05, 0) is 25.0 Å². The van der Waals surface area contributed by atoms with Gasteiger partial charge in [-0.15, -0.1) is 0 Å². The van der Waals surface area contributed by atoms with Gasteiger partial charge in [0, 0.05) is 6.20 Å². The van der Waals surface area contributed by atoms with Crippen molar-refractivity contribution in [3.8, 4) is 0 Å². The first kappa shape index (κ1) is 5.22. The molecule has 0 radical (unpaired) electrons. The molecule has 0 fully saturated rings. The highest BCUT2D eigenvalue weighted by molar-refractivity contribution is 5.43. The standard InChI is InChI=1S/C6H10N2/c1-4-3-8-6(7)5(4)2/h3,8H,7H2,1-2H3. The highest BCUT2D eigenvalue weighted by atomic mass is 14.8. The Morgan fingerprint density at radius 1 is 1.50 bits per heavy atom. The molecule has 3 N–H and O–H groups in total. The summed E-state index contributed by atoms with van der Waals surface area (Å²) in [5.74, 6) is 0.780. The molecule has 1 aromatic heterocycles. The molecular weight excluding hydrogens is 100 g/mol.